The molecule has 6 nitrogen and oxygen atoms in total. The standard InChI is InChI=1S/C23H29N3O3/c1-22(2,16-29-23(3,4)21(24)27)28-15-19-18-12-8-9-13-20(18)26(25-19)14-17-10-6-5-7-11-17/h5-13H,14-16H2,1-4H3,(H2,24,27). The summed E-state index contributed by atoms with van der Waals surface area (Å²) in [6.45, 7) is 8.44. The predicted octanol–water partition coefficient (Wildman–Crippen LogP) is 3.66. The second-order valence-corrected chi connectivity index (χ2v) is 8.32. The molecule has 0 aliphatic carbocycles. The maximum Gasteiger partial charge on any atom is 0.249 e. The van der Waals surface area contributed by atoms with E-state index in [-0.39, 0.29) is 6.61 Å². The molecule has 0 atom stereocenters. The molecule has 0 aliphatic rings. The van der Waals surface area contributed by atoms with E-state index in [1.165, 1.54) is 5.56 Å². The van der Waals surface area contributed by atoms with Crippen LogP contribution in [-0.4, -0.2) is 33.5 Å². The van der Waals surface area contributed by atoms with Gasteiger partial charge in [0, 0.05) is 5.39 Å². The fourth-order valence-corrected chi connectivity index (χ4v) is 2.91. The largest absolute Gasteiger partial charge is 0.367 e. The molecule has 0 aliphatic heterocycles. The lowest BCUT2D eigenvalue weighted by atomic mass is 10.1. The summed E-state index contributed by atoms with van der Waals surface area (Å²) in [7, 11) is 0. The predicted molar refractivity (Wildman–Crippen MR) is 113 cm³/mol. The van der Waals surface area contributed by atoms with E-state index < -0.39 is 17.1 Å². The minimum absolute atomic E-state index is 0.242. The first-order chi connectivity index (χ1) is 13.7. The first-order valence-corrected chi connectivity index (χ1v) is 9.74. The van der Waals surface area contributed by atoms with E-state index in [9.17, 15) is 4.79 Å². The van der Waals surface area contributed by atoms with Gasteiger partial charge in [-0.25, -0.2) is 0 Å². The Morgan fingerprint density at radius 2 is 1.66 bits per heavy atom. The summed E-state index contributed by atoms with van der Waals surface area (Å²) in [6.07, 6.45) is 0. The number of aromatic nitrogens is 2. The molecule has 3 aromatic rings. The Labute approximate surface area is 171 Å². The summed E-state index contributed by atoms with van der Waals surface area (Å²) in [5, 5.41) is 5.87. The lowest BCUT2D eigenvalue weighted by Crippen LogP contribution is -2.44. The van der Waals surface area contributed by atoms with E-state index in [1.807, 2.05) is 48.9 Å². The molecule has 0 radical (unpaired) electrons. The number of carbonyl (C=O) groups excluding carboxylic acids is 1. The number of nitrogens with zero attached hydrogens (tertiary/aromatic N) is 2. The molecule has 0 bridgehead atoms. The lowest BCUT2D eigenvalue weighted by molar-refractivity contribution is -0.154. The van der Waals surface area contributed by atoms with E-state index in [0.717, 1.165) is 16.6 Å². The van der Waals surface area contributed by atoms with Gasteiger partial charge in [-0.15, -0.1) is 0 Å². The van der Waals surface area contributed by atoms with Crippen LogP contribution in [0.1, 0.15) is 39.0 Å². The molecule has 29 heavy (non-hydrogen) atoms. The summed E-state index contributed by atoms with van der Waals surface area (Å²) < 4.78 is 13.8. The number of para-hydroxylation sites is 1. The smallest absolute Gasteiger partial charge is 0.249 e. The van der Waals surface area contributed by atoms with Crippen LogP contribution >= 0.6 is 0 Å². The van der Waals surface area contributed by atoms with Gasteiger partial charge < -0.3 is 15.2 Å². The zero-order chi connectivity index (χ0) is 21.1. The Hall–Kier alpha value is -2.70. The monoisotopic (exact) mass is 395 g/mol. The molecule has 0 spiro atoms. The zero-order valence-electron chi connectivity index (χ0n) is 17.5. The SMILES string of the molecule is CC(C)(COC(C)(C)C(N)=O)OCc1nn(Cc2ccccc2)c2ccccc12. The number of primary amides is 1. The van der Waals surface area contributed by atoms with Crippen molar-refractivity contribution in [1.82, 2.24) is 9.78 Å². The van der Waals surface area contributed by atoms with Gasteiger partial charge in [0.1, 0.15) is 5.60 Å². The quantitative estimate of drug-likeness (QED) is 0.600. The number of benzene rings is 2. The zero-order valence-corrected chi connectivity index (χ0v) is 17.5. The van der Waals surface area contributed by atoms with Gasteiger partial charge in [-0.3, -0.25) is 9.48 Å². The molecule has 0 fully saturated rings. The van der Waals surface area contributed by atoms with E-state index in [4.69, 9.17) is 20.3 Å². The first kappa shape index (κ1) is 21.0. The maximum absolute atomic E-state index is 11.5. The van der Waals surface area contributed by atoms with Crippen LogP contribution in [-0.2, 0) is 27.4 Å². The van der Waals surface area contributed by atoms with E-state index in [1.54, 1.807) is 13.8 Å². The molecule has 2 N–H and O–H groups in total. The van der Waals surface area contributed by atoms with Crippen molar-refractivity contribution in [3.63, 3.8) is 0 Å². The molecule has 2 aromatic carbocycles. The van der Waals surface area contributed by atoms with E-state index in [2.05, 4.69) is 24.3 Å². The third-order valence-corrected chi connectivity index (χ3v) is 4.88. The topological polar surface area (TPSA) is 79.4 Å². The summed E-state index contributed by atoms with van der Waals surface area (Å²) in [5.74, 6) is -0.501. The van der Waals surface area contributed by atoms with Crippen LogP contribution in [0.15, 0.2) is 54.6 Å². The Balaban J connectivity index is 1.74. The van der Waals surface area contributed by atoms with Gasteiger partial charge >= 0.3 is 0 Å². The van der Waals surface area contributed by atoms with E-state index >= 15 is 0 Å². The third-order valence-electron chi connectivity index (χ3n) is 4.88. The Morgan fingerprint density at radius 1 is 1.00 bits per heavy atom. The summed E-state index contributed by atoms with van der Waals surface area (Å²) in [6, 6.07) is 18.4. The van der Waals surface area contributed by atoms with Crippen molar-refractivity contribution in [3.05, 3.63) is 65.9 Å². The van der Waals surface area contributed by atoms with Crippen LogP contribution in [0.25, 0.3) is 10.9 Å². The second kappa shape index (κ2) is 8.35. The van der Waals surface area contributed by atoms with Crippen LogP contribution in [0.4, 0.5) is 0 Å². The van der Waals surface area contributed by atoms with Crippen LogP contribution < -0.4 is 5.73 Å². The normalized spacial score (nSPS) is 12.4. The van der Waals surface area contributed by atoms with Crippen LogP contribution in [0.2, 0.25) is 0 Å². The van der Waals surface area contributed by atoms with Crippen LogP contribution in [0.3, 0.4) is 0 Å². The number of carbonyl (C=O) groups is 1. The Bertz CT molecular complexity index is 977. The fourth-order valence-electron chi connectivity index (χ4n) is 2.91. The van der Waals surface area contributed by atoms with Crippen molar-refractivity contribution in [2.24, 2.45) is 5.73 Å². The molecule has 1 heterocycles. The highest BCUT2D eigenvalue weighted by Gasteiger charge is 2.30. The van der Waals surface area contributed by atoms with Crippen molar-refractivity contribution in [3.8, 4) is 0 Å². The second-order valence-electron chi connectivity index (χ2n) is 8.32. The number of amides is 1. The van der Waals surface area contributed by atoms with Crippen LogP contribution in [0.5, 0.6) is 0 Å². The van der Waals surface area contributed by atoms with Crippen molar-refractivity contribution in [2.45, 2.75) is 52.0 Å². The summed E-state index contributed by atoms with van der Waals surface area (Å²) in [4.78, 5) is 11.5. The van der Waals surface area contributed by atoms with Crippen LogP contribution in [0, 0.1) is 0 Å². The number of fused-ring (bicyclic) bond motifs is 1. The Kier molecular flexibility index (Phi) is 6.05. The van der Waals surface area contributed by atoms with Crippen molar-refractivity contribution in [1.29, 1.82) is 0 Å². The fraction of sp³-hybridized carbons (Fsp3) is 0.391. The third kappa shape index (κ3) is 5.22. The molecule has 1 aromatic heterocycles. The minimum Gasteiger partial charge on any atom is -0.367 e. The number of hydrogen-bond acceptors (Lipinski definition) is 4. The highest BCUT2D eigenvalue weighted by atomic mass is 16.6. The molecule has 0 saturated carbocycles. The molecule has 0 saturated heterocycles. The van der Waals surface area contributed by atoms with E-state index in [0.29, 0.717) is 13.2 Å². The first-order valence-electron chi connectivity index (χ1n) is 9.74. The average molecular weight is 396 g/mol. The van der Waals surface area contributed by atoms with Gasteiger partial charge in [-0.1, -0.05) is 48.5 Å². The average Bonchev–Trinajstić information content (AvgIpc) is 3.04. The molecule has 154 valence electrons. The molecule has 0 unspecified atom stereocenters. The van der Waals surface area contributed by atoms with Crippen molar-refractivity contribution >= 4 is 16.8 Å². The van der Waals surface area contributed by atoms with Gasteiger partial charge in [0.2, 0.25) is 5.91 Å². The minimum atomic E-state index is -1.04. The number of ether oxygens (including phenoxy) is 2. The summed E-state index contributed by atoms with van der Waals surface area (Å²) >= 11 is 0. The highest BCUT2D eigenvalue weighted by Crippen LogP contribution is 2.23. The number of nitrogens with two attached hydrogens (primary N) is 1. The molecule has 3 rings (SSSR count). The van der Waals surface area contributed by atoms with Gasteiger partial charge in [0.25, 0.3) is 0 Å². The summed E-state index contributed by atoms with van der Waals surface area (Å²) in [5.41, 5.74) is 6.87. The van der Waals surface area contributed by atoms with Gasteiger partial charge in [-0.2, -0.15) is 5.10 Å². The molecule has 6 heteroatoms. The molecule has 1 amide bonds. The lowest BCUT2D eigenvalue weighted by Gasteiger charge is -2.30. The van der Waals surface area contributed by atoms with Gasteiger partial charge in [-0.05, 0) is 39.3 Å². The highest BCUT2D eigenvalue weighted by molar-refractivity contribution is 5.82. The van der Waals surface area contributed by atoms with Gasteiger partial charge in [0.15, 0.2) is 0 Å². The van der Waals surface area contributed by atoms with Crippen molar-refractivity contribution in [2.75, 3.05) is 6.61 Å². The molecular weight excluding hydrogens is 366 g/mol. The number of hydrogen-bond donors (Lipinski definition) is 1. The Morgan fingerprint density at radius 3 is 2.34 bits per heavy atom. The van der Waals surface area contributed by atoms with Gasteiger partial charge in [0.05, 0.1) is 36.6 Å². The van der Waals surface area contributed by atoms with Crippen molar-refractivity contribution < 1.29 is 14.3 Å². The number of rotatable bonds is 9. The molecular formula is C23H29N3O3. The maximum atomic E-state index is 11.5.